The first kappa shape index (κ1) is 19.9. The second-order valence-electron chi connectivity index (χ2n) is 7.57. The number of ether oxygens (including phenoxy) is 4. The van der Waals surface area contributed by atoms with E-state index in [2.05, 4.69) is 4.90 Å². The van der Waals surface area contributed by atoms with E-state index < -0.39 is 5.60 Å². The first-order valence-electron chi connectivity index (χ1n) is 9.40. The van der Waals surface area contributed by atoms with Gasteiger partial charge in [-0.3, -0.25) is 9.69 Å². The van der Waals surface area contributed by atoms with Gasteiger partial charge in [-0.1, -0.05) is 0 Å². The maximum Gasteiger partial charge on any atom is 0.248 e. The van der Waals surface area contributed by atoms with Crippen molar-refractivity contribution in [1.29, 1.82) is 0 Å². The number of carbonyl (C=O) groups is 1. The molecule has 0 radical (unpaired) electrons. The smallest absolute Gasteiger partial charge is 0.248 e. The fraction of sp³-hybridized carbons (Fsp3) is 0.650. The summed E-state index contributed by atoms with van der Waals surface area (Å²) in [6, 6.07) is 6.05. The van der Waals surface area contributed by atoms with Gasteiger partial charge in [-0.15, -0.1) is 0 Å². The zero-order valence-electron chi connectivity index (χ0n) is 16.7. The van der Waals surface area contributed by atoms with E-state index in [9.17, 15) is 4.79 Å². The van der Waals surface area contributed by atoms with Crippen molar-refractivity contribution in [3.63, 3.8) is 0 Å². The summed E-state index contributed by atoms with van der Waals surface area (Å²) in [6.45, 7) is 8.08. The van der Waals surface area contributed by atoms with Crippen LogP contribution in [0.3, 0.4) is 0 Å². The van der Waals surface area contributed by atoms with Crippen molar-refractivity contribution >= 4 is 5.91 Å². The second kappa shape index (κ2) is 8.46. The Morgan fingerprint density at radius 2 is 1.85 bits per heavy atom. The highest BCUT2D eigenvalue weighted by atomic mass is 16.5. The van der Waals surface area contributed by atoms with Gasteiger partial charge in [-0.25, -0.2) is 0 Å². The minimum atomic E-state index is -0.488. The fourth-order valence-corrected chi connectivity index (χ4v) is 3.78. The third-order valence-electron chi connectivity index (χ3n) is 5.14. The Morgan fingerprint density at radius 1 is 1.15 bits per heavy atom. The molecular formula is C20H30N2O5. The number of carbonyl (C=O) groups excluding carboxylic acids is 1. The third kappa shape index (κ3) is 4.72. The topological polar surface area (TPSA) is 60.5 Å². The van der Waals surface area contributed by atoms with Crippen molar-refractivity contribution in [3.8, 4) is 11.5 Å². The van der Waals surface area contributed by atoms with Crippen molar-refractivity contribution in [2.75, 3.05) is 53.7 Å². The molecule has 1 amide bonds. The van der Waals surface area contributed by atoms with E-state index in [-0.39, 0.29) is 18.6 Å². The molecule has 7 heteroatoms. The Balaban J connectivity index is 1.75. The van der Waals surface area contributed by atoms with Gasteiger partial charge in [0.15, 0.2) is 0 Å². The van der Waals surface area contributed by atoms with Crippen LogP contribution in [0.5, 0.6) is 11.5 Å². The standard InChI is InChI=1S/C20H30N2O5/c1-15(2)22-13-20(14-26-11-19(22)23)12-21(5-6-27-20)10-16-7-17(24-3)9-18(8-16)25-4/h7-9,15H,5-6,10-14H2,1-4H3. The lowest BCUT2D eigenvalue weighted by Gasteiger charge is -2.44. The van der Waals surface area contributed by atoms with Crippen molar-refractivity contribution < 1.29 is 23.7 Å². The Labute approximate surface area is 161 Å². The van der Waals surface area contributed by atoms with Gasteiger partial charge in [0.25, 0.3) is 0 Å². The molecule has 2 fully saturated rings. The zero-order chi connectivity index (χ0) is 19.4. The summed E-state index contributed by atoms with van der Waals surface area (Å²) in [5.74, 6) is 1.59. The Morgan fingerprint density at radius 3 is 2.48 bits per heavy atom. The van der Waals surface area contributed by atoms with Crippen LogP contribution in [0.25, 0.3) is 0 Å². The van der Waals surface area contributed by atoms with E-state index in [0.29, 0.717) is 26.3 Å². The molecule has 2 aliphatic rings. The summed E-state index contributed by atoms with van der Waals surface area (Å²) in [5.41, 5.74) is 0.632. The summed E-state index contributed by atoms with van der Waals surface area (Å²) < 4.78 is 22.6. The molecule has 1 aromatic rings. The quantitative estimate of drug-likeness (QED) is 0.775. The maximum atomic E-state index is 12.3. The molecule has 0 bridgehead atoms. The van der Waals surface area contributed by atoms with E-state index in [1.54, 1.807) is 14.2 Å². The van der Waals surface area contributed by atoms with E-state index in [1.165, 1.54) is 0 Å². The van der Waals surface area contributed by atoms with Gasteiger partial charge in [-0.05, 0) is 31.5 Å². The molecule has 2 aliphatic heterocycles. The highest BCUT2D eigenvalue weighted by molar-refractivity contribution is 5.78. The third-order valence-corrected chi connectivity index (χ3v) is 5.14. The Hall–Kier alpha value is -1.83. The highest BCUT2D eigenvalue weighted by Gasteiger charge is 2.42. The van der Waals surface area contributed by atoms with Gasteiger partial charge in [-0.2, -0.15) is 0 Å². The van der Waals surface area contributed by atoms with Crippen LogP contribution in [0.15, 0.2) is 18.2 Å². The molecule has 0 aromatic heterocycles. The minimum Gasteiger partial charge on any atom is -0.497 e. The molecule has 0 aliphatic carbocycles. The molecule has 1 spiro atoms. The van der Waals surface area contributed by atoms with E-state index >= 15 is 0 Å². The van der Waals surface area contributed by atoms with E-state index in [0.717, 1.165) is 30.2 Å². The van der Waals surface area contributed by atoms with Crippen LogP contribution >= 0.6 is 0 Å². The Kier molecular flexibility index (Phi) is 6.24. The number of amides is 1. The lowest BCUT2D eigenvalue weighted by atomic mass is 10.0. The number of nitrogens with zero attached hydrogens (tertiary/aromatic N) is 2. The largest absolute Gasteiger partial charge is 0.497 e. The van der Waals surface area contributed by atoms with Gasteiger partial charge >= 0.3 is 0 Å². The Bertz CT molecular complexity index is 644. The molecule has 0 saturated carbocycles. The van der Waals surface area contributed by atoms with Crippen molar-refractivity contribution in [3.05, 3.63) is 23.8 Å². The van der Waals surface area contributed by atoms with Crippen molar-refractivity contribution in [1.82, 2.24) is 9.80 Å². The maximum absolute atomic E-state index is 12.3. The molecular weight excluding hydrogens is 348 g/mol. The molecule has 2 heterocycles. The van der Waals surface area contributed by atoms with Crippen LogP contribution < -0.4 is 9.47 Å². The summed E-state index contributed by atoms with van der Waals surface area (Å²) in [6.07, 6.45) is 0. The molecule has 0 N–H and O–H groups in total. The molecule has 1 aromatic carbocycles. The predicted molar refractivity (Wildman–Crippen MR) is 101 cm³/mol. The minimum absolute atomic E-state index is 0.0279. The highest BCUT2D eigenvalue weighted by Crippen LogP contribution is 2.27. The SMILES string of the molecule is COc1cc(CN2CCOC3(COCC(=O)N(C(C)C)C3)C2)cc(OC)c1. The molecule has 1 unspecified atom stereocenters. The van der Waals surface area contributed by atoms with E-state index in [1.807, 2.05) is 36.9 Å². The van der Waals surface area contributed by atoms with Gasteiger partial charge < -0.3 is 23.8 Å². The van der Waals surface area contributed by atoms with Crippen LogP contribution in [0.1, 0.15) is 19.4 Å². The second-order valence-corrected chi connectivity index (χ2v) is 7.57. The first-order chi connectivity index (χ1) is 12.9. The van der Waals surface area contributed by atoms with Crippen LogP contribution in [-0.2, 0) is 20.8 Å². The molecule has 1 atom stereocenters. The first-order valence-corrected chi connectivity index (χ1v) is 9.40. The van der Waals surface area contributed by atoms with Crippen molar-refractivity contribution in [2.45, 2.75) is 32.0 Å². The lowest BCUT2D eigenvalue weighted by Crippen LogP contribution is -2.59. The van der Waals surface area contributed by atoms with Crippen LogP contribution in [0, 0.1) is 0 Å². The van der Waals surface area contributed by atoms with Gasteiger partial charge in [0, 0.05) is 31.7 Å². The molecule has 2 saturated heterocycles. The summed E-state index contributed by atoms with van der Waals surface area (Å²) in [4.78, 5) is 16.5. The number of rotatable bonds is 5. The number of hydrogen-bond acceptors (Lipinski definition) is 6. The molecule has 150 valence electrons. The fourth-order valence-electron chi connectivity index (χ4n) is 3.78. The van der Waals surface area contributed by atoms with Gasteiger partial charge in [0.05, 0.1) is 34.0 Å². The number of hydrogen-bond donors (Lipinski definition) is 0. The molecule has 7 nitrogen and oxygen atoms in total. The summed E-state index contributed by atoms with van der Waals surface area (Å²) >= 11 is 0. The van der Waals surface area contributed by atoms with Crippen molar-refractivity contribution in [2.24, 2.45) is 0 Å². The monoisotopic (exact) mass is 378 g/mol. The summed E-state index contributed by atoms with van der Waals surface area (Å²) in [7, 11) is 3.31. The number of methoxy groups -OCH3 is 2. The molecule has 27 heavy (non-hydrogen) atoms. The number of morpholine rings is 1. The average molecular weight is 378 g/mol. The summed E-state index contributed by atoms with van der Waals surface area (Å²) in [5, 5.41) is 0. The average Bonchev–Trinajstić information content (AvgIpc) is 2.80. The number of benzene rings is 1. The zero-order valence-corrected chi connectivity index (χ0v) is 16.7. The van der Waals surface area contributed by atoms with Gasteiger partial charge in [0.1, 0.15) is 23.7 Å². The van der Waals surface area contributed by atoms with Gasteiger partial charge in [0.2, 0.25) is 5.91 Å². The molecule has 3 rings (SSSR count). The van der Waals surface area contributed by atoms with E-state index in [4.69, 9.17) is 18.9 Å². The predicted octanol–water partition coefficient (Wildman–Crippen LogP) is 1.54. The van der Waals surface area contributed by atoms with Crippen LogP contribution in [-0.4, -0.2) is 81.0 Å². The normalized spacial score (nSPS) is 24.3. The van der Waals surface area contributed by atoms with Crippen LogP contribution in [0.2, 0.25) is 0 Å². The van der Waals surface area contributed by atoms with Crippen LogP contribution in [0.4, 0.5) is 0 Å². The lowest BCUT2D eigenvalue weighted by molar-refractivity contribution is -0.147.